The zero-order valence-corrected chi connectivity index (χ0v) is 17.1. The van der Waals surface area contributed by atoms with Crippen LogP contribution in [0.15, 0.2) is 12.3 Å². The largest absolute Gasteiger partial charge is 0.461 e. The first kappa shape index (κ1) is 19.0. The highest BCUT2D eigenvalue weighted by Crippen LogP contribution is 2.42. The van der Waals surface area contributed by atoms with Crippen LogP contribution in [0.2, 0.25) is 5.82 Å². The molecule has 1 aromatic rings. The molecule has 3 heterocycles. The number of amides is 1. The van der Waals surface area contributed by atoms with Crippen LogP contribution >= 0.6 is 0 Å². The Morgan fingerprint density at radius 3 is 2.26 bits per heavy atom. The Labute approximate surface area is 162 Å². The van der Waals surface area contributed by atoms with Gasteiger partial charge >= 0.3 is 7.12 Å². The molecule has 0 spiro atoms. The van der Waals surface area contributed by atoms with Gasteiger partial charge in [0.25, 0.3) is 5.91 Å². The molecule has 0 bridgehead atoms. The van der Waals surface area contributed by atoms with Gasteiger partial charge in [-0.3, -0.25) is 9.48 Å². The van der Waals surface area contributed by atoms with Crippen molar-refractivity contribution in [3.63, 3.8) is 0 Å². The van der Waals surface area contributed by atoms with Crippen molar-refractivity contribution in [3.8, 4) is 0 Å². The summed E-state index contributed by atoms with van der Waals surface area (Å²) in [6, 6.07) is 2.27. The van der Waals surface area contributed by atoms with Crippen LogP contribution in [0.1, 0.15) is 82.8 Å². The van der Waals surface area contributed by atoms with Crippen molar-refractivity contribution < 1.29 is 14.1 Å². The first-order chi connectivity index (χ1) is 12.8. The third-order valence-corrected chi connectivity index (χ3v) is 7.04. The van der Waals surface area contributed by atoms with Crippen LogP contribution in [0, 0.1) is 0 Å². The van der Waals surface area contributed by atoms with Gasteiger partial charge in [0, 0.05) is 19.3 Å². The Bertz CT molecular complexity index is 672. The molecule has 7 heteroatoms. The number of piperidine rings is 1. The summed E-state index contributed by atoms with van der Waals surface area (Å²) in [5.41, 5.74) is 0.160. The molecule has 0 unspecified atom stereocenters. The first-order valence-corrected chi connectivity index (χ1v) is 10.5. The molecule has 3 aliphatic rings. The van der Waals surface area contributed by atoms with E-state index in [1.807, 2.05) is 15.6 Å². The van der Waals surface area contributed by atoms with Gasteiger partial charge < -0.3 is 14.2 Å². The van der Waals surface area contributed by atoms with Crippen LogP contribution in [0.5, 0.6) is 0 Å². The highest BCUT2D eigenvalue weighted by molar-refractivity contribution is 6.47. The molecule has 1 aromatic heterocycles. The highest BCUT2D eigenvalue weighted by atomic mass is 16.7. The second-order valence-corrected chi connectivity index (χ2v) is 9.35. The molecule has 148 valence electrons. The van der Waals surface area contributed by atoms with Gasteiger partial charge in [0.05, 0.1) is 17.2 Å². The molecule has 2 saturated heterocycles. The monoisotopic (exact) mass is 373 g/mol. The fourth-order valence-corrected chi connectivity index (χ4v) is 4.54. The summed E-state index contributed by atoms with van der Waals surface area (Å²) in [6.07, 6.45) is 8.33. The lowest BCUT2D eigenvalue weighted by atomic mass is 9.67. The zero-order chi connectivity index (χ0) is 19.2. The van der Waals surface area contributed by atoms with Crippen molar-refractivity contribution in [1.29, 1.82) is 0 Å². The third-order valence-electron chi connectivity index (χ3n) is 7.04. The molecule has 1 amide bonds. The topological polar surface area (TPSA) is 56.6 Å². The van der Waals surface area contributed by atoms with Gasteiger partial charge in [-0.2, -0.15) is 5.10 Å². The van der Waals surface area contributed by atoms with E-state index in [0.717, 1.165) is 44.5 Å². The highest BCUT2D eigenvalue weighted by Gasteiger charge is 2.54. The second kappa shape index (κ2) is 6.92. The van der Waals surface area contributed by atoms with Crippen molar-refractivity contribution in [2.45, 2.75) is 89.3 Å². The standard InChI is InChI=1S/C20H32BN3O3/c1-19(2)20(3,4)27-21(26-19)15-10-13-23(14-11-15)18(25)17-9-12-22-24(17)16-7-5-6-8-16/h9,12,15-16H,5-8,10-11,13-14H2,1-4H3. The molecule has 27 heavy (non-hydrogen) atoms. The van der Waals surface area contributed by atoms with E-state index in [4.69, 9.17) is 9.31 Å². The maximum atomic E-state index is 13.1. The summed E-state index contributed by atoms with van der Waals surface area (Å²) in [5.74, 6) is 0.460. The predicted octanol–water partition coefficient (Wildman–Crippen LogP) is 3.70. The average Bonchev–Trinajstić information content (AvgIpc) is 3.34. The lowest BCUT2D eigenvalue weighted by molar-refractivity contribution is 0.00578. The van der Waals surface area contributed by atoms with Crippen molar-refractivity contribution in [1.82, 2.24) is 14.7 Å². The summed E-state index contributed by atoms with van der Waals surface area (Å²) in [6.45, 7) is 9.88. The molecule has 0 N–H and O–H groups in total. The summed E-state index contributed by atoms with van der Waals surface area (Å²) in [5, 5.41) is 4.45. The van der Waals surface area contributed by atoms with Crippen molar-refractivity contribution in [2.24, 2.45) is 0 Å². The molecule has 0 atom stereocenters. The van der Waals surface area contributed by atoms with Gasteiger partial charge in [-0.05, 0) is 65.3 Å². The quantitative estimate of drug-likeness (QED) is 0.759. The molecule has 2 aliphatic heterocycles. The van der Waals surface area contributed by atoms with Gasteiger partial charge in [-0.25, -0.2) is 0 Å². The second-order valence-electron chi connectivity index (χ2n) is 9.35. The number of carbonyl (C=O) groups is 1. The molecule has 1 saturated carbocycles. The number of likely N-dealkylation sites (tertiary alicyclic amines) is 1. The first-order valence-electron chi connectivity index (χ1n) is 10.5. The Morgan fingerprint density at radius 2 is 1.67 bits per heavy atom. The summed E-state index contributed by atoms with van der Waals surface area (Å²) >= 11 is 0. The van der Waals surface area contributed by atoms with Crippen LogP contribution in [0.4, 0.5) is 0 Å². The molecule has 0 aromatic carbocycles. The Hall–Kier alpha value is -1.34. The van der Waals surface area contributed by atoms with Crippen molar-refractivity contribution in [2.75, 3.05) is 13.1 Å². The van der Waals surface area contributed by atoms with E-state index in [1.54, 1.807) is 6.20 Å². The van der Waals surface area contributed by atoms with Crippen LogP contribution in [-0.4, -0.2) is 52.0 Å². The Balaban J connectivity index is 1.37. The van der Waals surface area contributed by atoms with Crippen molar-refractivity contribution >= 4 is 13.0 Å². The summed E-state index contributed by atoms with van der Waals surface area (Å²) in [7, 11) is -0.170. The number of aromatic nitrogens is 2. The molecule has 3 fully saturated rings. The normalized spacial score (nSPS) is 26.1. The third kappa shape index (κ3) is 3.44. The molecule has 4 rings (SSSR count). The zero-order valence-electron chi connectivity index (χ0n) is 17.1. The SMILES string of the molecule is CC1(C)OB(C2CCN(C(=O)c3ccnn3C3CCCC3)CC2)OC1(C)C. The fraction of sp³-hybridized carbons (Fsp3) is 0.800. The summed E-state index contributed by atoms with van der Waals surface area (Å²) < 4.78 is 14.4. The van der Waals surface area contributed by atoms with E-state index >= 15 is 0 Å². The van der Waals surface area contributed by atoms with E-state index in [2.05, 4.69) is 32.8 Å². The predicted molar refractivity (Wildman–Crippen MR) is 105 cm³/mol. The maximum Gasteiger partial charge on any atom is 0.461 e. The van der Waals surface area contributed by atoms with Crippen LogP contribution < -0.4 is 0 Å². The lowest BCUT2D eigenvalue weighted by Gasteiger charge is -2.33. The minimum Gasteiger partial charge on any atom is -0.403 e. The van der Waals surface area contributed by atoms with Crippen molar-refractivity contribution in [3.05, 3.63) is 18.0 Å². The Kier molecular flexibility index (Phi) is 4.87. The number of nitrogens with zero attached hydrogens (tertiary/aromatic N) is 3. The minimum absolute atomic E-state index is 0.117. The van der Waals surface area contributed by atoms with Crippen LogP contribution in [-0.2, 0) is 9.31 Å². The summed E-state index contributed by atoms with van der Waals surface area (Å²) in [4.78, 5) is 15.1. The number of carbonyl (C=O) groups excluding carboxylic acids is 1. The minimum atomic E-state index is -0.293. The van der Waals surface area contributed by atoms with E-state index in [-0.39, 0.29) is 24.2 Å². The van der Waals surface area contributed by atoms with E-state index < -0.39 is 0 Å². The Morgan fingerprint density at radius 1 is 1.07 bits per heavy atom. The number of rotatable bonds is 3. The van der Waals surface area contributed by atoms with E-state index in [1.165, 1.54) is 12.8 Å². The molecular weight excluding hydrogens is 341 g/mol. The van der Waals surface area contributed by atoms with Gasteiger partial charge in [0.15, 0.2) is 0 Å². The van der Waals surface area contributed by atoms with Gasteiger partial charge in [0.1, 0.15) is 5.69 Å². The smallest absolute Gasteiger partial charge is 0.403 e. The maximum absolute atomic E-state index is 13.1. The fourth-order valence-electron chi connectivity index (χ4n) is 4.54. The van der Waals surface area contributed by atoms with Gasteiger partial charge in [0.2, 0.25) is 0 Å². The van der Waals surface area contributed by atoms with Crippen LogP contribution in [0.3, 0.4) is 0 Å². The van der Waals surface area contributed by atoms with Gasteiger partial charge in [-0.1, -0.05) is 12.8 Å². The van der Waals surface area contributed by atoms with Crippen LogP contribution in [0.25, 0.3) is 0 Å². The number of hydrogen-bond acceptors (Lipinski definition) is 4. The van der Waals surface area contributed by atoms with Gasteiger partial charge in [-0.15, -0.1) is 0 Å². The molecule has 6 nitrogen and oxygen atoms in total. The number of hydrogen-bond donors (Lipinski definition) is 0. The lowest BCUT2D eigenvalue weighted by Crippen LogP contribution is -2.42. The van der Waals surface area contributed by atoms with E-state index in [9.17, 15) is 4.79 Å². The van der Waals surface area contributed by atoms with E-state index in [0.29, 0.717) is 11.9 Å². The molecule has 0 radical (unpaired) electrons. The molecular formula is C20H32BN3O3. The molecule has 1 aliphatic carbocycles. The average molecular weight is 373 g/mol.